The van der Waals surface area contributed by atoms with Gasteiger partial charge < -0.3 is 14.8 Å². The Hall–Kier alpha value is -2.42. The predicted octanol–water partition coefficient (Wildman–Crippen LogP) is 3.61. The average Bonchev–Trinajstić information content (AvgIpc) is 2.45. The second kappa shape index (κ2) is 6.83. The number of nitrogens with one attached hydrogen (secondary N) is 1. The standard InChI is InChI=1S/C16H17BrN2O6/c1-8(2)9-5-11(17)13(12(6-9)19(22)23)18-7-10-14(20)24-16(3,4)25-15(10)21/h5-8,18H,1-4H3. The van der Waals surface area contributed by atoms with Gasteiger partial charge in [-0.1, -0.05) is 13.8 Å². The molecule has 9 heteroatoms. The number of esters is 2. The van der Waals surface area contributed by atoms with E-state index in [9.17, 15) is 19.7 Å². The lowest BCUT2D eigenvalue weighted by molar-refractivity contribution is -0.384. The van der Waals surface area contributed by atoms with E-state index >= 15 is 0 Å². The largest absolute Gasteiger partial charge is 0.419 e. The minimum absolute atomic E-state index is 0.0907. The number of rotatable bonds is 4. The van der Waals surface area contributed by atoms with Crippen LogP contribution in [0, 0.1) is 10.1 Å². The van der Waals surface area contributed by atoms with E-state index in [0.29, 0.717) is 4.47 Å². The van der Waals surface area contributed by atoms with Gasteiger partial charge in [-0.05, 0) is 33.5 Å². The molecule has 0 amide bonds. The zero-order valence-electron chi connectivity index (χ0n) is 14.1. The molecule has 0 atom stereocenters. The molecule has 0 saturated carbocycles. The summed E-state index contributed by atoms with van der Waals surface area (Å²) in [5.74, 6) is -3.00. The number of halogens is 1. The number of carbonyl (C=O) groups excluding carboxylic acids is 2. The van der Waals surface area contributed by atoms with Gasteiger partial charge in [0.2, 0.25) is 0 Å². The third kappa shape index (κ3) is 4.16. The molecule has 2 rings (SSSR count). The molecule has 0 radical (unpaired) electrons. The molecule has 1 N–H and O–H groups in total. The van der Waals surface area contributed by atoms with Crippen LogP contribution in [0.15, 0.2) is 28.4 Å². The number of ether oxygens (including phenoxy) is 2. The second-order valence-electron chi connectivity index (χ2n) is 6.19. The SMILES string of the molecule is CC(C)c1cc(Br)c(NC=C2C(=O)OC(C)(C)OC2=O)c([N+](=O)[O-])c1. The van der Waals surface area contributed by atoms with Crippen molar-refractivity contribution < 1.29 is 24.0 Å². The van der Waals surface area contributed by atoms with Gasteiger partial charge in [0.05, 0.1) is 4.92 Å². The molecule has 0 unspecified atom stereocenters. The van der Waals surface area contributed by atoms with E-state index in [4.69, 9.17) is 9.47 Å². The average molecular weight is 413 g/mol. The van der Waals surface area contributed by atoms with Crippen LogP contribution in [0.5, 0.6) is 0 Å². The Morgan fingerprint density at radius 1 is 1.24 bits per heavy atom. The summed E-state index contributed by atoms with van der Waals surface area (Å²) in [5, 5.41) is 14.0. The molecule has 1 aliphatic heterocycles. The van der Waals surface area contributed by atoms with Gasteiger partial charge in [-0.3, -0.25) is 10.1 Å². The molecule has 1 heterocycles. The Bertz CT molecular complexity index is 763. The Balaban J connectivity index is 2.39. The van der Waals surface area contributed by atoms with E-state index in [1.807, 2.05) is 13.8 Å². The maximum Gasteiger partial charge on any atom is 0.350 e. The third-order valence-electron chi connectivity index (χ3n) is 3.43. The normalized spacial score (nSPS) is 16.3. The Morgan fingerprint density at radius 3 is 2.28 bits per heavy atom. The van der Waals surface area contributed by atoms with Gasteiger partial charge in [0.15, 0.2) is 5.57 Å². The first-order valence-electron chi connectivity index (χ1n) is 7.43. The van der Waals surface area contributed by atoms with Crippen molar-refractivity contribution in [3.8, 4) is 0 Å². The monoisotopic (exact) mass is 412 g/mol. The highest BCUT2D eigenvalue weighted by molar-refractivity contribution is 9.10. The van der Waals surface area contributed by atoms with Crippen LogP contribution in [-0.2, 0) is 19.1 Å². The Labute approximate surface area is 152 Å². The minimum atomic E-state index is -1.35. The molecule has 1 aromatic rings. The first-order chi connectivity index (χ1) is 11.5. The van der Waals surface area contributed by atoms with Crippen molar-refractivity contribution in [1.29, 1.82) is 0 Å². The Morgan fingerprint density at radius 2 is 1.80 bits per heavy atom. The smallest absolute Gasteiger partial charge is 0.350 e. The quantitative estimate of drug-likeness (QED) is 0.264. The van der Waals surface area contributed by atoms with E-state index < -0.39 is 22.6 Å². The highest BCUT2D eigenvalue weighted by atomic mass is 79.9. The first-order valence-corrected chi connectivity index (χ1v) is 8.22. The third-order valence-corrected chi connectivity index (χ3v) is 4.06. The molecule has 1 aliphatic rings. The van der Waals surface area contributed by atoms with Crippen LogP contribution in [0.4, 0.5) is 11.4 Å². The lowest BCUT2D eigenvalue weighted by Gasteiger charge is -2.29. The molecule has 0 aliphatic carbocycles. The van der Waals surface area contributed by atoms with Crippen molar-refractivity contribution in [1.82, 2.24) is 0 Å². The fourth-order valence-electron chi connectivity index (χ4n) is 2.16. The molecule has 1 aromatic carbocycles. The minimum Gasteiger partial charge on any atom is -0.419 e. The predicted molar refractivity (Wildman–Crippen MR) is 92.9 cm³/mol. The molecular weight excluding hydrogens is 396 g/mol. The first kappa shape index (κ1) is 18.9. The molecule has 1 fully saturated rings. The molecule has 0 aromatic heterocycles. The van der Waals surface area contributed by atoms with Gasteiger partial charge in [-0.25, -0.2) is 9.59 Å². The van der Waals surface area contributed by atoms with E-state index in [1.54, 1.807) is 6.07 Å². The summed E-state index contributed by atoms with van der Waals surface area (Å²) in [6.07, 6.45) is 1.04. The van der Waals surface area contributed by atoms with E-state index in [0.717, 1.165) is 11.8 Å². The molecular formula is C16H17BrN2O6. The van der Waals surface area contributed by atoms with Crippen LogP contribution in [0.1, 0.15) is 39.2 Å². The van der Waals surface area contributed by atoms with Crippen LogP contribution in [-0.4, -0.2) is 22.6 Å². The van der Waals surface area contributed by atoms with Crippen molar-refractivity contribution >= 4 is 39.2 Å². The highest BCUT2D eigenvalue weighted by Gasteiger charge is 2.39. The van der Waals surface area contributed by atoms with Crippen molar-refractivity contribution in [2.45, 2.75) is 39.4 Å². The number of nitro groups is 1. The summed E-state index contributed by atoms with van der Waals surface area (Å²) < 4.78 is 10.4. The van der Waals surface area contributed by atoms with Crippen LogP contribution < -0.4 is 5.32 Å². The summed E-state index contributed by atoms with van der Waals surface area (Å²) in [6.45, 7) is 6.69. The summed E-state index contributed by atoms with van der Waals surface area (Å²) >= 11 is 3.28. The molecule has 8 nitrogen and oxygen atoms in total. The van der Waals surface area contributed by atoms with Gasteiger partial charge in [-0.2, -0.15) is 0 Å². The van der Waals surface area contributed by atoms with E-state index in [2.05, 4.69) is 21.2 Å². The van der Waals surface area contributed by atoms with Gasteiger partial charge in [0.1, 0.15) is 5.69 Å². The summed E-state index contributed by atoms with van der Waals surface area (Å²) in [5.41, 5.74) is 0.323. The summed E-state index contributed by atoms with van der Waals surface area (Å²) in [4.78, 5) is 34.6. The number of benzene rings is 1. The summed E-state index contributed by atoms with van der Waals surface area (Å²) in [6, 6.07) is 3.18. The lowest BCUT2D eigenvalue weighted by atomic mass is 10.0. The van der Waals surface area contributed by atoms with Gasteiger partial charge in [-0.15, -0.1) is 0 Å². The van der Waals surface area contributed by atoms with Gasteiger partial charge >= 0.3 is 11.9 Å². The van der Waals surface area contributed by atoms with Crippen molar-refractivity contribution in [3.05, 3.63) is 44.1 Å². The van der Waals surface area contributed by atoms with Crippen LogP contribution in [0.3, 0.4) is 0 Å². The maximum atomic E-state index is 11.9. The van der Waals surface area contributed by atoms with Crippen molar-refractivity contribution in [2.24, 2.45) is 0 Å². The second-order valence-corrected chi connectivity index (χ2v) is 7.04. The molecule has 0 spiro atoms. The molecule has 134 valence electrons. The number of hydrogen-bond donors (Lipinski definition) is 1. The zero-order chi connectivity index (χ0) is 18.9. The van der Waals surface area contributed by atoms with Gasteiger partial charge in [0.25, 0.3) is 11.5 Å². The van der Waals surface area contributed by atoms with Gasteiger partial charge in [0, 0.05) is 30.6 Å². The summed E-state index contributed by atoms with van der Waals surface area (Å²) in [7, 11) is 0. The number of nitrogens with zero attached hydrogens (tertiary/aromatic N) is 1. The number of nitro benzene ring substituents is 1. The molecule has 1 saturated heterocycles. The van der Waals surface area contributed by atoms with Crippen LogP contribution >= 0.6 is 15.9 Å². The number of cyclic esters (lactones) is 2. The molecule has 0 bridgehead atoms. The van der Waals surface area contributed by atoms with Crippen molar-refractivity contribution in [2.75, 3.05) is 5.32 Å². The van der Waals surface area contributed by atoms with E-state index in [1.165, 1.54) is 19.9 Å². The molecule has 25 heavy (non-hydrogen) atoms. The topological polar surface area (TPSA) is 108 Å². The number of anilines is 1. The lowest BCUT2D eigenvalue weighted by Crippen LogP contribution is -2.42. The fraction of sp³-hybridized carbons (Fsp3) is 0.375. The van der Waals surface area contributed by atoms with Crippen molar-refractivity contribution in [3.63, 3.8) is 0 Å². The Kier molecular flexibility index (Phi) is 5.17. The highest BCUT2D eigenvalue weighted by Crippen LogP contribution is 2.36. The maximum absolute atomic E-state index is 11.9. The van der Waals surface area contributed by atoms with Crippen LogP contribution in [0.2, 0.25) is 0 Å². The van der Waals surface area contributed by atoms with Crippen LogP contribution in [0.25, 0.3) is 0 Å². The number of carbonyl (C=O) groups is 2. The zero-order valence-corrected chi connectivity index (χ0v) is 15.7. The fourth-order valence-corrected chi connectivity index (χ4v) is 2.74. The van der Waals surface area contributed by atoms with E-state index in [-0.39, 0.29) is 22.9 Å². The number of hydrogen-bond acceptors (Lipinski definition) is 7.